The smallest absolute Gasteiger partial charge is 0.355 e. The number of hydrogen-bond donors (Lipinski definition) is 1. The molecular weight excluding hydrogens is 340 g/mol. The zero-order valence-electron chi connectivity index (χ0n) is 8.51. The van der Waals surface area contributed by atoms with Gasteiger partial charge >= 0.3 is 5.97 Å². The van der Waals surface area contributed by atoms with Gasteiger partial charge in [-0.1, -0.05) is 11.6 Å². The molecule has 2 aromatic rings. The summed E-state index contributed by atoms with van der Waals surface area (Å²) in [6, 6.07) is 5.46. The standard InChI is InChI=1S/C11H9ClINO2/c1-2-16-11(15)10-9(13)7-5-6(12)3-4-8(7)14-10/h3-5,14H,2H2,1H3. The van der Waals surface area contributed by atoms with Gasteiger partial charge in [0.1, 0.15) is 5.69 Å². The number of H-pyrrole nitrogens is 1. The second-order valence-electron chi connectivity index (χ2n) is 3.22. The van der Waals surface area contributed by atoms with E-state index < -0.39 is 0 Å². The first-order valence-corrected chi connectivity index (χ1v) is 6.23. The zero-order chi connectivity index (χ0) is 11.7. The van der Waals surface area contributed by atoms with Crippen molar-refractivity contribution in [3.63, 3.8) is 0 Å². The van der Waals surface area contributed by atoms with E-state index in [0.29, 0.717) is 17.3 Å². The summed E-state index contributed by atoms with van der Waals surface area (Å²) in [6.07, 6.45) is 0. The lowest BCUT2D eigenvalue weighted by Gasteiger charge is -1.98. The molecule has 0 saturated carbocycles. The van der Waals surface area contributed by atoms with Gasteiger partial charge in [-0.25, -0.2) is 4.79 Å². The lowest BCUT2D eigenvalue weighted by Crippen LogP contribution is -2.06. The molecule has 0 fully saturated rings. The van der Waals surface area contributed by atoms with E-state index in [1.54, 1.807) is 13.0 Å². The number of nitrogens with one attached hydrogen (secondary N) is 1. The number of aromatic amines is 1. The summed E-state index contributed by atoms with van der Waals surface area (Å²) in [5, 5.41) is 1.59. The number of aromatic nitrogens is 1. The molecule has 1 aromatic heterocycles. The molecule has 0 bridgehead atoms. The summed E-state index contributed by atoms with van der Waals surface area (Å²) >= 11 is 8.02. The number of hydrogen-bond acceptors (Lipinski definition) is 2. The van der Waals surface area contributed by atoms with E-state index in [4.69, 9.17) is 16.3 Å². The fourth-order valence-electron chi connectivity index (χ4n) is 1.48. The van der Waals surface area contributed by atoms with Crippen LogP contribution in [0.2, 0.25) is 5.02 Å². The summed E-state index contributed by atoms with van der Waals surface area (Å²) in [5.41, 5.74) is 1.37. The van der Waals surface area contributed by atoms with Crippen molar-refractivity contribution in [3.8, 4) is 0 Å². The van der Waals surface area contributed by atoms with Crippen molar-refractivity contribution in [2.75, 3.05) is 6.61 Å². The number of rotatable bonds is 2. The number of carbonyl (C=O) groups is 1. The molecule has 1 aromatic carbocycles. The van der Waals surface area contributed by atoms with Gasteiger partial charge in [-0.3, -0.25) is 0 Å². The Morgan fingerprint density at radius 1 is 1.56 bits per heavy atom. The predicted molar refractivity (Wildman–Crippen MR) is 72.0 cm³/mol. The maximum atomic E-state index is 11.6. The third-order valence-corrected chi connectivity index (χ3v) is 3.53. The van der Waals surface area contributed by atoms with Gasteiger partial charge in [0.15, 0.2) is 0 Å². The Hall–Kier alpha value is -0.750. The summed E-state index contributed by atoms with van der Waals surface area (Å²) in [4.78, 5) is 14.7. The number of halogens is 2. The van der Waals surface area contributed by atoms with Gasteiger partial charge in [-0.2, -0.15) is 0 Å². The first kappa shape index (κ1) is 11.7. The van der Waals surface area contributed by atoms with Gasteiger partial charge in [-0.15, -0.1) is 0 Å². The number of esters is 1. The second kappa shape index (κ2) is 4.63. The van der Waals surface area contributed by atoms with Gasteiger partial charge in [-0.05, 0) is 47.7 Å². The largest absolute Gasteiger partial charge is 0.461 e. The predicted octanol–water partition coefficient (Wildman–Crippen LogP) is 3.60. The molecule has 16 heavy (non-hydrogen) atoms. The fourth-order valence-corrected chi connectivity index (χ4v) is 2.45. The zero-order valence-corrected chi connectivity index (χ0v) is 11.4. The summed E-state index contributed by atoms with van der Waals surface area (Å²) < 4.78 is 5.80. The van der Waals surface area contributed by atoms with Gasteiger partial charge in [0.2, 0.25) is 0 Å². The molecule has 0 atom stereocenters. The molecule has 0 amide bonds. The van der Waals surface area contributed by atoms with Crippen molar-refractivity contribution in [1.82, 2.24) is 4.98 Å². The van der Waals surface area contributed by atoms with Crippen LogP contribution in [0, 0.1) is 3.57 Å². The molecule has 3 nitrogen and oxygen atoms in total. The Morgan fingerprint density at radius 2 is 2.31 bits per heavy atom. The lowest BCUT2D eigenvalue weighted by atomic mass is 10.2. The lowest BCUT2D eigenvalue weighted by molar-refractivity contribution is 0.0519. The highest BCUT2D eigenvalue weighted by atomic mass is 127. The van der Waals surface area contributed by atoms with Crippen molar-refractivity contribution >= 4 is 51.1 Å². The summed E-state index contributed by atoms with van der Waals surface area (Å²) in [6.45, 7) is 2.15. The maximum absolute atomic E-state index is 11.6. The first-order chi connectivity index (χ1) is 7.63. The highest BCUT2D eigenvalue weighted by Crippen LogP contribution is 2.27. The SMILES string of the molecule is CCOC(=O)c1[nH]c2ccc(Cl)cc2c1I. The van der Waals surface area contributed by atoms with Crippen LogP contribution in [0.5, 0.6) is 0 Å². The van der Waals surface area contributed by atoms with E-state index in [1.807, 2.05) is 12.1 Å². The highest BCUT2D eigenvalue weighted by Gasteiger charge is 2.16. The number of benzene rings is 1. The van der Waals surface area contributed by atoms with Crippen LogP contribution in [-0.2, 0) is 4.74 Å². The van der Waals surface area contributed by atoms with Gasteiger partial charge in [0.05, 0.1) is 10.2 Å². The van der Waals surface area contributed by atoms with Crippen molar-refractivity contribution in [1.29, 1.82) is 0 Å². The van der Waals surface area contributed by atoms with Crippen LogP contribution in [0.3, 0.4) is 0 Å². The number of ether oxygens (including phenoxy) is 1. The van der Waals surface area contributed by atoms with Crippen LogP contribution in [-0.4, -0.2) is 17.6 Å². The van der Waals surface area contributed by atoms with E-state index in [1.165, 1.54) is 0 Å². The molecule has 5 heteroatoms. The topological polar surface area (TPSA) is 42.1 Å². The Balaban J connectivity index is 2.56. The van der Waals surface area contributed by atoms with E-state index in [9.17, 15) is 4.79 Å². The Bertz CT molecular complexity index is 550. The van der Waals surface area contributed by atoms with Gasteiger partial charge < -0.3 is 9.72 Å². The van der Waals surface area contributed by atoms with Crippen molar-refractivity contribution in [2.45, 2.75) is 6.92 Å². The molecule has 1 heterocycles. The summed E-state index contributed by atoms with van der Waals surface area (Å²) in [5.74, 6) is -0.334. The van der Waals surface area contributed by atoms with Crippen LogP contribution >= 0.6 is 34.2 Å². The molecule has 84 valence electrons. The molecule has 1 N–H and O–H groups in total. The number of fused-ring (bicyclic) bond motifs is 1. The van der Waals surface area contributed by atoms with Gasteiger partial charge in [0, 0.05) is 15.9 Å². The Morgan fingerprint density at radius 3 is 3.00 bits per heavy atom. The van der Waals surface area contributed by atoms with Crippen LogP contribution in [0.15, 0.2) is 18.2 Å². The van der Waals surface area contributed by atoms with Crippen LogP contribution in [0.25, 0.3) is 10.9 Å². The molecule has 0 aliphatic heterocycles. The van der Waals surface area contributed by atoms with Crippen LogP contribution < -0.4 is 0 Å². The molecular formula is C11H9ClINO2. The second-order valence-corrected chi connectivity index (χ2v) is 4.74. The Labute approximate surface area is 111 Å². The quantitative estimate of drug-likeness (QED) is 0.665. The van der Waals surface area contributed by atoms with Crippen molar-refractivity contribution in [3.05, 3.63) is 32.5 Å². The van der Waals surface area contributed by atoms with E-state index in [-0.39, 0.29) is 5.97 Å². The average molecular weight is 350 g/mol. The van der Waals surface area contributed by atoms with E-state index in [0.717, 1.165) is 14.5 Å². The maximum Gasteiger partial charge on any atom is 0.355 e. The van der Waals surface area contributed by atoms with Crippen LogP contribution in [0.4, 0.5) is 0 Å². The third-order valence-electron chi connectivity index (χ3n) is 2.18. The fraction of sp³-hybridized carbons (Fsp3) is 0.182. The number of carbonyl (C=O) groups excluding carboxylic acids is 1. The molecule has 0 saturated heterocycles. The minimum atomic E-state index is -0.334. The molecule has 0 aliphatic carbocycles. The average Bonchev–Trinajstić information content (AvgIpc) is 2.57. The third kappa shape index (κ3) is 2.04. The monoisotopic (exact) mass is 349 g/mol. The minimum Gasteiger partial charge on any atom is -0.461 e. The molecule has 0 spiro atoms. The first-order valence-electron chi connectivity index (χ1n) is 4.77. The Kier molecular flexibility index (Phi) is 3.39. The summed E-state index contributed by atoms with van der Waals surface area (Å²) in [7, 11) is 0. The normalized spacial score (nSPS) is 10.7. The molecule has 0 radical (unpaired) electrons. The highest BCUT2D eigenvalue weighted by molar-refractivity contribution is 14.1. The molecule has 2 rings (SSSR count). The van der Waals surface area contributed by atoms with Crippen molar-refractivity contribution in [2.24, 2.45) is 0 Å². The minimum absolute atomic E-state index is 0.334. The molecule has 0 unspecified atom stereocenters. The van der Waals surface area contributed by atoms with Crippen LogP contribution in [0.1, 0.15) is 17.4 Å². The van der Waals surface area contributed by atoms with Gasteiger partial charge in [0.25, 0.3) is 0 Å². The van der Waals surface area contributed by atoms with Crippen molar-refractivity contribution < 1.29 is 9.53 Å². The van der Waals surface area contributed by atoms with E-state index >= 15 is 0 Å². The van der Waals surface area contributed by atoms with E-state index in [2.05, 4.69) is 27.6 Å². The molecule has 0 aliphatic rings.